The van der Waals surface area contributed by atoms with Gasteiger partial charge in [0, 0.05) is 41.8 Å². The SMILES string of the molecule is CN(CCC(=O)Nc1cccc(Cl)c1)C1CC2CCC(C1)N2. The van der Waals surface area contributed by atoms with Gasteiger partial charge in [-0.3, -0.25) is 4.79 Å². The van der Waals surface area contributed by atoms with Gasteiger partial charge in [-0.2, -0.15) is 0 Å². The summed E-state index contributed by atoms with van der Waals surface area (Å²) in [5, 5.41) is 7.21. The molecule has 0 aliphatic carbocycles. The number of rotatable bonds is 5. The Kier molecular flexibility index (Phi) is 5.01. The number of hydrogen-bond acceptors (Lipinski definition) is 3. The quantitative estimate of drug-likeness (QED) is 0.876. The lowest BCUT2D eigenvalue weighted by molar-refractivity contribution is -0.116. The average molecular weight is 322 g/mol. The molecule has 2 atom stereocenters. The molecule has 120 valence electrons. The van der Waals surface area contributed by atoms with Gasteiger partial charge in [0.2, 0.25) is 5.91 Å². The fraction of sp³-hybridized carbons (Fsp3) is 0.588. The first-order valence-corrected chi connectivity index (χ1v) is 8.49. The van der Waals surface area contributed by atoms with Crippen LogP contribution in [0.25, 0.3) is 0 Å². The van der Waals surface area contributed by atoms with Crippen molar-refractivity contribution in [1.82, 2.24) is 10.2 Å². The molecule has 2 aliphatic heterocycles. The second-order valence-corrected chi connectivity index (χ2v) is 6.99. The van der Waals surface area contributed by atoms with E-state index in [0.717, 1.165) is 12.2 Å². The summed E-state index contributed by atoms with van der Waals surface area (Å²) in [6, 6.07) is 9.26. The third kappa shape index (κ3) is 4.00. The van der Waals surface area contributed by atoms with Gasteiger partial charge in [0.05, 0.1) is 0 Å². The number of hydrogen-bond donors (Lipinski definition) is 2. The third-order valence-electron chi connectivity index (χ3n) is 4.87. The molecule has 1 aromatic rings. The van der Waals surface area contributed by atoms with Crippen LogP contribution in [0.5, 0.6) is 0 Å². The van der Waals surface area contributed by atoms with Gasteiger partial charge < -0.3 is 15.5 Å². The molecule has 0 spiro atoms. The van der Waals surface area contributed by atoms with Crippen LogP contribution in [0.1, 0.15) is 32.1 Å². The molecule has 2 heterocycles. The molecule has 5 heteroatoms. The molecule has 2 aliphatic rings. The van der Waals surface area contributed by atoms with Crippen LogP contribution in [0.3, 0.4) is 0 Å². The Labute approximate surface area is 137 Å². The lowest BCUT2D eigenvalue weighted by Gasteiger charge is -2.35. The van der Waals surface area contributed by atoms with Crippen molar-refractivity contribution in [1.29, 1.82) is 0 Å². The lowest BCUT2D eigenvalue weighted by Crippen LogP contribution is -2.47. The number of fused-ring (bicyclic) bond motifs is 2. The zero-order valence-electron chi connectivity index (χ0n) is 13.0. The number of nitrogens with one attached hydrogen (secondary N) is 2. The zero-order chi connectivity index (χ0) is 15.5. The van der Waals surface area contributed by atoms with Crippen LogP contribution in [0.4, 0.5) is 5.69 Å². The van der Waals surface area contributed by atoms with E-state index in [1.54, 1.807) is 12.1 Å². The highest BCUT2D eigenvalue weighted by molar-refractivity contribution is 6.30. The smallest absolute Gasteiger partial charge is 0.225 e. The molecule has 2 N–H and O–H groups in total. The Hall–Kier alpha value is -1.10. The van der Waals surface area contributed by atoms with Crippen LogP contribution in [0, 0.1) is 0 Å². The fourth-order valence-corrected chi connectivity index (χ4v) is 3.83. The predicted molar refractivity (Wildman–Crippen MR) is 90.3 cm³/mol. The number of benzene rings is 1. The molecule has 2 fully saturated rings. The fourth-order valence-electron chi connectivity index (χ4n) is 3.64. The van der Waals surface area contributed by atoms with Crippen LogP contribution < -0.4 is 10.6 Å². The van der Waals surface area contributed by atoms with E-state index in [2.05, 4.69) is 22.6 Å². The molecule has 1 amide bonds. The highest BCUT2D eigenvalue weighted by Crippen LogP contribution is 2.29. The summed E-state index contributed by atoms with van der Waals surface area (Å²) in [4.78, 5) is 14.4. The summed E-state index contributed by atoms with van der Waals surface area (Å²) in [6.07, 6.45) is 5.56. The van der Waals surface area contributed by atoms with Crippen LogP contribution >= 0.6 is 11.6 Å². The first-order valence-electron chi connectivity index (χ1n) is 8.12. The van der Waals surface area contributed by atoms with Crippen molar-refractivity contribution in [3.63, 3.8) is 0 Å². The molecule has 2 saturated heterocycles. The largest absolute Gasteiger partial charge is 0.326 e. The molecule has 0 saturated carbocycles. The van der Waals surface area contributed by atoms with Crippen molar-refractivity contribution in [2.75, 3.05) is 18.9 Å². The van der Waals surface area contributed by atoms with Crippen molar-refractivity contribution in [2.45, 2.75) is 50.2 Å². The molecule has 2 unspecified atom stereocenters. The van der Waals surface area contributed by atoms with Gasteiger partial charge >= 0.3 is 0 Å². The number of carbonyl (C=O) groups is 1. The van der Waals surface area contributed by atoms with Crippen molar-refractivity contribution >= 4 is 23.2 Å². The van der Waals surface area contributed by atoms with Crippen LogP contribution in [0.2, 0.25) is 5.02 Å². The molecule has 2 bridgehead atoms. The first kappa shape index (κ1) is 15.8. The van der Waals surface area contributed by atoms with Gasteiger partial charge in [0.1, 0.15) is 0 Å². The molecule has 4 nitrogen and oxygen atoms in total. The predicted octanol–water partition coefficient (Wildman–Crippen LogP) is 2.88. The first-order chi connectivity index (χ1) is 10.6. The van der Waals surface area contributed by atoms with E-state index in [9.17, 15) is 4.79 Å². The number of nitrogens with zero attached hydrogens (tertiary/aromatic N) is 1. The monoisotopic (exact) mass is 321 g/mol. The number of anilines is 1. The van der Waals surface area contributed by atoms with Gasteiger partial charge in [-0.05, 0) is 50.9 Å². The average Bonchev–Trinajstić information content (AvgIpc) is 2.83. The summed E-state index contributed by atoms with van der Waals surface area (Å²) in [6.45, 7) is 0.802. The molecular weight excluding hydrogens is 298 g/mol. The van der Waals surface area contributed by atoms with E-state index in [1.165, 1.54) is 25.7 Å². The van der Waals surface area contributed by atoms with E-state index >= 15 is 0 Å². The minimum atomic E-state index is 0.0472. The van der Waals surface area contributed by atoms with Gasteiger partial charge in [-0.1, -0.05) is 17.7 Å². The Morgan fingerprint density at radius 2 is 2.09 bits per heavy atom. The summed E-state index contributed by atoms with van der Waals surface area (Å²) < 4.78 is 0. The normalized spacial score (nSPS) is 27.1. The Morgan fingerprint density at radius 3 is 2.77 bits per heavy atom. The Balaban J connectivity index is 1.44. The van der Waals surface area contributed by atoms with Crippen LogP contribution in [0.15, 0.2) is 24.3 Å². The minimum Gasteiger partial charge on any atom is -0.326 e. The van der Waals surface area contributed by atoms with Gasteiger partial charge in [-0.25, -0.2) is 0 Å². The van der Waals surface area contributed by atoms with E-state index in [0.29, 0.717) is 29.6 Å². The Bertz CT molecular complexity index is 524. The summed E-state index contributed by atoms with van der Waals surface area (Å²) >= 11 is 5.93. The maximum atomic E-state index is 12.1. The van der Waals surface area contributed by atoms with Gasteiger partial charge in [0.15, 0.2) is 0 Å². The Morgan fingerprint density at radius 1 is 1.36 bits per heavy atom. The highest BCUT2D eigenvalue weighted by atomic mass is 35.5. The van der Waals surface area contributed by atoms with E-state index in [4.69, 9.17) is 11.6 Å². The van der Waals surface area contributed by atoms with Crippen molar-refractivity contribution in [2.24, 2.45) is 0 Å². The third-order valence-corrected chi connectivity index (χ3v) is 5.11. The molecular formula is C17H24ClN3O. The summed E-state index contributed by atoms with van der Waals surface area (Å²) in [7, 11) is 2.14. The molecule has 1 aromatic carbocycles. The lowest BCUT2D eigenvalue weighted by atomic mass is 9.98. The number of amides is 1. The van der Waals surface area contributed by atoms with E-state index < -0.39 is 0 Å². The van der Waals surface area contributed by atoms with Gasteiger partial charge in [-0.15, -0.1) is 0 Å². The summed E-state index contributed by atoms with van der Waals surface area (Å²) in [5.74, 6) is 0.0472. The molecule has 0 aromatic heterocycles. The molecule has 0 radical (unpaired) electrons. The second-order valence-electron chi connectivity index (χ2n) is 6.55. The minimum absolute atomic E-state index is 0.0472. The van der Waals surface area contributed by atoms with E-state index in [1.807, 2.05) is 12.1 Å². The van der Waals surface area contributed by atoms with Gasteiger partial charge in [0.25, 0.3) is 0 Å². The second kappa shape index (κ2) is 6.99. The van der Waals surface area contributed by atoms with Crippen molar-refractivity contribution in [3.8, 4) is 0 Å². The van der Waals surface area contributed by atoms with Crippen LogP contribution in [-0.2, 0) is 4.79 Å². The van der Waals surface area contributed by atoms with Crippen molar-refractivity contribution in [3.05, 3.63) is 29.3 Å². The van der Waals surface area contributed by atoms with Crippen molar-refractivity contribution < 1.29 is 4.79 Å². The summed E-state index contributed by atoms with van der Waals surface area (Å²) in [5.41, 5.74) is 0.764. The maximum absolute atomic E-state index is 12.1. The molecule has 22 heavy (non-hydrogen) atoms. The van der Waals surface area contributed by atoms with Crippen LogP contribution in [-0.4, -0.2) is 42.5 Å². The maximum Gasteiger partial charge on any atom is 0.225 e. The standard InChI is InChI=1S/C17H24ClN3O/c1-21(16-10-14-5-6-15(11-16)19-14)8-7-17(22)20-13-4-2-3-12(18)9-13/h2-4,9,14-16,19H,5-8,10-11H2,1H3,(H,20,22). The molecule has 3 rings (SSSR count). The highest BCUT2D eigenvalue weighted by Gasteiger charge is 2.34. The number of piperidine rings is 1. The van der Waals surface area contributed by atoms with E-state index in [-0.39, 0.29) is 5.91 Å². The zero-order valence-corrected chi connectivity index (χ0v) is 13.8. The number of carbonyl (C=O) groups excluding carboxylic acids is 1. The topological polar surface area (TPSA) is 44.4 Å². The number of halogens is 1.